The third-order valence-corrected chi connectivity index (χ3v) is 8.41. The van der Waals surface area contributed by atoms with E-state index in [9.17, 15) is 40.9 Å². The van der Waals surface area contributed by atoms with Crippen LogP contribution >= 0.6 is 0 Å². The van der Waals surface area contributed by atoms with E-state index in [1.54, 1.807) is 0 Å². The second kappa shape index (κ2) is 18.2. The van der Waals surface area contributed by atoms with Crippen molar-refractivity contribution in [3.63, 3.8) is 0 Å². The number of aryl methyl sites for hydroxylation is 2. The largest absolute Gasteiger partial charge is 0.394 e. The molecule has 0 spiro atoms. The minimum Gasteiger partial charge on any atom is -0.394 e. The first kappa shape index (κ1) is 36.4. The minimum absolute atomic E-state index is 0.532. The van der Waals surface area contributed by atoms with Gasteiger partial charge < -0.3 is 50.3 Å². The van der Waals surface area contributed by atoms with Crippen molar-refractivity contribution in [2.45, 2.75) is 139 Å². The molecule has 2 heterocycles. The molecule has 0 aromatic heterocycles. The summed E-state index contributed by atoms with van der Waals surface area (Å²) in [6.07, 6.45) is -3.52. The summed E-state index contributed by atoms with van der Waals surface area (Å²) in [6, 6.07) is 3.94. The Bertz CT molecular complexity index is 1060. The normalized spacial score (nSPS) is 32.0. The molecule has 0 saturated carbocycles. The molecular weight excluding hydrogens is 568 g/mol. The number of aliphatic hydroxyl groups is 8. The highest BCUT2D eigenvalue weighted by Crippen LogP contribution is 2.25. The molecule has 44 heavy (non-hydrogen) atoms. The van der Waals surface area contributed by atoms with Crippen LogP contribution in [0.4, 0.5) is 0 Å². The van der Waals surface area contributed by atoms with Gasteiger partial charge in [0.25, 0.3) is 0 Å². The van der Waals surface area contributed by atoms with Crippen molar-refractivity contribution in [2.75, 3.05) is 13.2 Å². The molecule has 10 heteroatoms. The quantitative estimate of drug-likeness (QED) is 0.120. The smallest absolute Gasteiger partial charge is 0.147 e. The molecule has 8 N–H and O–H groups in total. The van der Waals surface area contributed by atoms with E-state index >= 15 is 0 Å². The monoisotopic (exact) mass is 618 g/mol. The lowest BCUT2D eigenvalue weighted by Crippen LogP contribution is -2.58. The Morgan fingerprint density at radius 2 is 0.932 bits per heavy atom. The van der Waals surface area contributed by atoms with Gasteiger partial charge in [0.1, 0.15) is 61.0 Å². The van der Waals surface area contributed by atoms with Crippen molar-refractivity contribution in [1.29, 1.82) is 0 Å². The number of ether oxygens (including phenoxy) is 2. The highest BCUT2D eigenvalue weighted by Gasteiger charge is 2.43. The van der Waals surface area contributed by atoms with Crippen LogP contribution in [0.3, 0.4) is 0 Å². The molecule has 2 aliphatic rings. The van der Waals surface area contributed by atoms with E-state index < -0.39 is 74.3 Å². The topological polar surface area (TPSA) is 180 Å². The Balaban J connectivity index is 2.01. The van der Waals surface area contributed by atoms with Crippen molar-refractivity contribution < 1.29 is 50.3 Å². The molecule has 10 unspecified atom stereocenters. The Morgan fingerprint density at radius 1 is 0.545 bits per heavy atom. The van der Waals surface area contributed by atoms with Gasteiger partial charge in [0.05, 0.1) is 13.2 Å². The molecule has 10 atom stereocenters. The Morgan fingerprint density at radius 3 is 1.27 bits per heavy atom. The summed E-state index contributed by atoms with van der Waals surface area (Å²) in [5, 5.41) is 80.8. The average Bonchev–Trinajstić information content (AvgIpc) is 3.03. The zero-order valence-corrected chi connectivity index (χ0v) is 25.8. The molecule has 1 aromatic carbocycles. The van der Waals surface area contributed by atoms with Gasteiger partial charge in [-0.3, -0.25) is 0 Å². The second-order valence-electron chi connectivity index (χ2n) is 11.8. The summed E-state index contributed by atoms with van der Waals surface area (Å²) in [5.41, 5.74) is 3.30. The number of hydrogen-bond donors (Lipinski definition) is 8. The van der Waals surface area contributed by atoms with Crippen LogP contribution < -0.4 is 0 Å². The van der Waals surface area contributed by atoms with Gasteiger partial charge in [0.15, 0.2) is 0 Å². The van der Waals surface area contributed by atoms with Gasteiger partial charge in [-0.1, -0.05) is 76.1 Å². The van der Waals surface area contributed by atoms with E-state index in [2.05, 4.69) is 37.5 Å². The maximum atomic E-state index is 10.5. The first-order chi connectivity index (χ1) is 21.2. The maximum absolute atomic E-state index is 10.5. The summed E-state index contributed by atoms with van der Waals surface area (Å²) in [4.78, 5) is 0. The fourth-order valence-corrected chi connectivity index (χ4v) is 5.56. The molecule has 246 valence electrons. The van der Waals surface area contributed by atoms with Crippen molar-refractivity contribution in [3.05, 3.63) is 34.4 Å². The fourth-order valence-electron chi connectivity index (χ4n) is 5.56. The Labute approximate surface area is 260 Å². The third kappa shape index (κ3) is 9.48. The lowest BCUT2D eigenvalue weighted by molar-refractivity contribution is -0.214. The van der Waals surface area contributed by atoms with Crippen LogP contribution in [-0.4, -0.2) is 115 Å². The van der Waals surface area contributed by atoms with Crippen molar-refractivity contribution in [1.82, 2.24) is 0 Å². The van der Waals surface area contributed by atoms with Crippen molar-refractivity contribution in [3.8, 4) is 23.7 Å². The van der Waals surface area contributed by atoms with Crippen LogP contribution in [0.5, 0.6) is 0 Å². The highest BCUT2D eigenvalue weighted by atomic mass is 16.5. The highest BCUT2D eigenvalue weighted by molar-refractivity contribution is 5.53. The van der Waals surface area contributed by atoms with Crippen molar-refractivity contribution in [2.24, 2.45) is 0 Å². The van der Waals surface area contributed by atoms with Gasteiger partial charge >= 0.3 is 0 Å². The zero-order chi connectivity index (χ0) is 32.2. The number of hydrogen-bond acceptors (Lipinski definition) is 10. The molecule has 0 radical (unpaired) electrons. The van der Waals surface area contributed by atoms with E-state index in [-0.39, 0.29) is 0 Å². The van der Waals surface area contributed by atoms with Crippen LogP contribution in [0.25, 0.3) is 0 Å². The number of unbranched alkanes of at least 4 members (excludes halogenated alkanes) is 6. The van der Waals surface area contributed by atoms with Crippen molar-refractivity contribution >= 4 is 0 Å². The van der Waals surface area contributed by atoms with Gasteiger partial charge in [0, 0.05) is 11.1 Å². The zero-order valence-electron chi connectivity index (χ0n) is 25.8. The van der Waals surface area contributed by atoms with Gasteiger partial charge in [-0.25, -0.2) is 0 Å². The molecule has 3 rings (SSSR count). The van der Waals surface area contributed by atoms with Gasteiger partial charge in [-0.2, -0.15) is 0 Å². The molecule has 0 amide bonds. The summed E-state index contributed by atoms with van der Waals surface area (Å²) >= 11 is 0. The molecule has 0 bridgehead atoms. The molecular formula is C34H50O10. The van der Waals surface area contributed by atoms with Crippen LogP contribution in [0.1, 0.15) is 87.5 Å². The van der Waals surface area contributed by atoms with E-state index in [1.807, 2.05) is 12.1 Å². The number of rotatable bonds is 12. The Kier molecular flexibility index (Phi) is 15.0. The van der Waals surface area contributed by atoms with E-state index in [0.717, 1.165) is 73.6 Å². The van der Waals surface area contributed by atoms with Crippen LogP contribution in [0, 0.1) is 23.7 Å². The fraction of sp³-hybridized carbons (Fsp3) is 0.706. The molecule has 2 aliphatic heterocycles. The van der Waals surface area contributed by atoms with E-state index in [1.165, 1.54) is 0 Å². The van der Waals surface area contributed by atoms with Crippen LogP contribution in [0.2, 0.25) is 0 Å². The Hall–Kier alpha value is -2.06. The number of benzene rings is 1. The van der Waals surface area contributed by atoms with Gasteiger partial charge in [-0.05, 0) is 48.9 Å². The van der Waals surface area contributed by atoms with Crippen LogP contribution in [0.15, 0.2) is 12.1 Å². The summed E-state index contributed by atoms with van der Waals surface area (Å²) < 4.78 is 11.2. The first-order valence-electron chi connectivity index (χ1n) is 16.0. The summed E-state index contributed by atoms with van der Waals surface area (Å²) in [7, 11) is 0. The second-order valence-corrected chi connectivity index (χ2v) is 11.8. The maximum Gasteiger partial charge on any atom is 0.147 e. The SMILES string of the molecule is CCCCCCc1cc(C#CC2OC(CO)C(O)C(O)C2O)c(CCCCCC)cc1C#CC1OC(CO)C(O)C(O)C1O. The predicted molar refractivity (Wildman–Crippen MR) is 163 cm³/mol. The molecule has 1 aromatic rings. The minimum atomic E-state index is -1.51. The lowest BCUT2D eigenvalue weighted by atomic mass is 9.91. The third-order valence-electron chi connectivity index (χ3n) is 8.41. The average molecular weight is 619 g/mol. The summed E-state index contributed by atoms with van der Waals surface area (Å²) in [5.74, 6) is 12.1. The van der Waals surface area contributed by atoms with E-state index in [4.69, 9.17) is 9.47 Å². The van der Waals surface area contributed by atoms with Gasteiger partial charge in [-0.15, -0.1) is 0 Å². The van der Waals surface area contributed by atoms with E-state index in [0.29, 0.717) is 12.8 Å². The lowest BCUT2D eigenvalue weighted by Gasteiger charge is -2.37. The van der Waals surface area contributed by atoms with Crippen LogP contribution in [-0.2, 0) is 22.3 Å². The molecule has 2 saturated heterocycles. The number of aliphatic hydroxyl groups excluding tert-OH is 8. The van der Waals surface area contributed by atoms with Gasteiger partial charge in [0.2, 0.25) is 0 Å². The predicted octanol–water partition coefficient (Wildman–Crippen LogP) is 0.320. The molecule has 0 aliphatic carbocycles. The standard InChI is InChI=1S/C34H50O10/c1-3-5-7-9-11-21-17-24(14-16-26-30(38)34(42)32(40)28(20-36)44-26)22(12-10-8-6-4-2)18-23(21)13-15-25-29(37)33(41)31(39)27(19-35)43-25/h17-18,25-42H,3-12,19-20H2,1-2H3. The molecule has 10 nitrogen and oxygen atoms in total. The first-order valence-corrected chi connectivity index (χ1v) is 16.0. The summed E-state index contributed by atoms with van der Waals surface area (Å²) in [6.45, 7) is 3.21. The molecule has 2 fully saturated rings.